The van der Waals surface area contributed by atoms with Crippen molar-refractivity contribution in [2.45, 2.75) is 0 Å². The Bertz CT molecular complexity index is 703. The van der Waals surface area contributed by atoms with E-state index in [1.165, 1.54) is 17.5 Å². The minimum Gasteiger partial charge on any atom is -0.397 e. The van der Waals surface area contributed by atoms with Gasteiger partial charge in [-0.3, -0.25) is 10.1 Å². The molecular formula is C13H10N4OS. The lowest BCUT2D eigenvalue weighted by Gasteiger charge is -2.00. The summed E-state index contributed by atoms with van der Waals surface area (Å²) in [5, 5.41) is 3.29. The second kappa shape index (κ2) is 4.66. The Labute approximate surface area is 113 Å². The Hall–Kier alpha value is -2.47. The molecule has 0 spiro atoms. The van der Waals surface area contributed by atoms with Gasteiger partial charge in [-0.2, -0.15) is 0 Å². The van der Waals surface area contributed by atoms with Crippen LogP contribution in [-0.4, -0.2) is 15.9 Å². The summed E-state index contributed by atoms with van der Waals surface area (Å²) >= 11 is 1.43. The predicted molar refractivity (Wildman–Crippen MR) is 76.2 cm³/mol. The van der Waals surface area contributed by atoms with E-state index in [1.54, 1.807) is 12.1 Å². The zero-order valence-corrected chi connectivity index (χ0v) is 10.6. The molecule has 2 aromatic heterocycles. The number of hydrogen-bond donors (Lipinski definition) is 2. The van der Waals surface area contributed by atoms with Gasteiger partial charge in [0, 0.05) is 0 Å². The number of carbonyl (C=O) groups is 1. The fourth-order valence-corrected chi connectivity index (χ4v) is 2.49. The highest BCUT2D eigenvalue weighted by atomic mass is 32.1. The molecule has 3 rings (SSSR count). The van der Waals surface area contributed by atoms with Gasteiger partial charge in [-0.1, -0.05) is 23.5 Å². The molecule has 0 atom stereocenters. The van der Waals surface area contributed by atoms with Gasteiger partial charge in [0.25, 0.3) is 5.91 Å². The molecule has 0 bridgehead atoms. The Morgan fingerprint density at radius 2 is 2.05 bits per heavy atom. The molecule has 0 aliphatic carbocycles. The topological polar surface area (TPSA) is 80.9 Å². The number of thiazole rings is 1. The molecule has 0 unspecified atom stereocenters. The van der Waals surface area contributed by atoms with Crippen LogP contribution in [0.2, 0.25) is 0 Å². The zero-order chi connectivity index (χ0) is 13.2. The molecule has 6 heteroatoms. The van der Waals surface area contributed by atoms with E-state index < -0.39 is 0 Å². The molecule has 1 aromatic carbocycles. The van der Waals surface area contributed by atoms with Gasteiger partial charge < -0.3 is 5.73 Å². The maximum Gasteiger partial charge on any atom is 0.276 e. The number of anilines is 2. The summed E-state index contributed by atoms with van der Waals surface area (Å²) in [6, 6.07) is 10.9. The fourth-order valence-electron chi connectivity index (χ4n) is 1.63. The average molecular weight is 270 g/mol. The van der Waals surface area contributed by atoms with E-state index in [4.69, 9.17) is 5.73 Å². The Morgan fingerprint density at radius 3 is 2.79 bits per heavy atom. The second-order valence-corrected chi connectivity index (χ2v) is 4.95. The van der Waals surface area contributed by atoms with Crippen LogP contribution >= 0.6 is 11.3 Å². The van der Waals surface area contributed by atoms with E-state index in [-0.39, 0.29) is 5.91 Å². The van der Waals surface area contributed by atoms with Crippen molar-refractivity contribution >= 4 is 38.3 Å². The summed E-state index contributed by atoms with van der Waals surface area (Å²) in [4.78, 5) is 20.3. The van der Waals surface area contributed by atoms with Crippen LogP contribution in [0.4, 0.5) is 10.8 Å². The normalized spacial score (nSPS) is 10.5. The zero-order valence-electron chi connectivity index (χ0n) is 9.83. The molecule has 5 nitrogen and oxygen atoms in total. The third-order valence-corrected chi connectivity index (χ3v) is 3.49. The van der Waals surface area contributed by atoms with Crippen LogP contribution in [0, 0.1) is 0 Å². The molecule has 3 aromatic rings. The highest BCUT2D eigenvalue weighted by Gasteiger charge is 2.10. The van der Waals surface area contributed by atoms with Gasteiger partial charge in [-0.05, 0) is 24.3 Å². The molecule has 0 fully saturated rings. The van der Waals surface area contributed by atoms with Crippen molar-refractivity contribution in [3.8, 4) is 0 Å². The third-order valence-electron chi connectivity index (χ3n) is 2.53. The van der Waals surface area contributed by atoms with Crippen LogP contribution in [0.1, 0.15) is 10.5 Å². The van der Waals surface area contributed by atoms with Gasteiger partial charge in [-0.25, -0.2) is 9.97 Å². The van der Waals surface area contributed by atoms with Gasteiger partial charge in [0.15, 0.2) is 5.13 Å². The van der Waals surface area contributed by atoms with Gasteiger partial charge in [-0.15, -0.1) is 0 Å². The van der Waals surface area contributed by atoms with Gasteiger partial charge in [0.05, 0.1) is 22.1 Å². The van der Waals surface area contributed by atoms with Crippen LogP contribution in [-0.2, 0) is 0 Å². The number of amides is 1. The summed E-state index contributed by atoms with van der Waals surface area (Å²) < 4.78 is 1.03. The summed E-state index contributed by atoms with van der Waals surface area (Å²) in [5.74, 6) is -0.293. The Kier molecular flexibility index (Phi) is 2.85. The first-order chi connectivity index (χ1) is 9.22. The fraction of sp³-hybridized carbons (Fsp3) is 0. The highest BCUT2D eigenvalue weighted by molar-refractivity contribution is 7.22. The maximum atomic E-state index is 12.0. The summed E-state index contributed by atoms with van der Waals surface area (Å²) in [6.45, 7) is 0. The van der Waals surface area contributed by atoms with Crippen LogP contribution in [0.5, 0.6) is 0 Å². The lowest BCUT2D eigenvalue weighted by atomic mass is 10.3. The minimum atomic E-state index is -0.293. The number of benzene rings is 1. The number of nitrogens with one attached hydrogen (secondary N) is 1. The number of hydrogen-bond acceptors (Lipinski definition) is 5. The number of rotatable bonds is 2. The standard InChI is InChI=1S/C13H10N4OS/c14-8-5-6-10(15-7-8)12(18)17-13-16-9-3-1-2-4-11(9)19-13/h1-7H,14H2,(H,16,17,18). The summed E-state index contributed by atoms with van der Waals surface area (Å²) in [6.07, 6.45) is 1.45. The number of nitrogens with two attached hydrogens (primary N) is 1. The highest BCUT2D eigenvalue weighted by Crippen LogP contribution is 2.25. The molecule has 0 aliphatic heterocycles. The predicted octanol–water partition coefficient (Wildman–Crippen LogP) is 2.53. The molecule has 1 amide bonds. The van der Waals surface area contributed by atoms with Crippen LogP contribution < -0.4 is 11.1 Å². The van der Waals surface area contributed by atoms with Crippen molar-refractivity contribution in [1.82, 2.24) is 9.97 Å². The Morgan fingerprint density at radius 1 is 1.21 bits per heavy atom. The molecule has 0 saturated heterocycles. The SMILES string of the molecule is Nc1ccc(C(=O)Nc2nc3ccccc3s2)nc1. The van der Waals surface area contributed by atoms with Crippen molar-refractivity contribution in [3.05, 3.63) is 48.3 Å². The van der Waals surface area contributed by atoms with Gasteiger partial charge in [0.1, 0.15) is 5.69 Å². The summed E-state index contributed by atoms with van der Waals surface area (Å²) in [5.41, 5.74) is 7.23. The average Bonchev–Trinajstić information content (AvgIpc) is 2.81. The number of para-hydroxylation sites is 1. The number of aromatic nitrogens is 2. The van der Waals surface area contributed by atoms with Crippen molar-refractivity contribution in [2.24, 2.45) is 0 Å². The molecule has 0 aliphatic rings. The lowest BCUT2D eigenvalue weighted by molar-refractivity contribution is 0.102. The number of fused-ring (bicyclic) bond motifs is 1. The van der Waals surface area contributed by atoms with Crippen molar-refractivity contribution < 1.29 is 4.79 Å². The van der Waals surface area contributed by atoms with Crippen molar-refractivity contribution in [3.63, 3.8) is 0 Å². The van der Waals surface area contributed by atoms with Crippen molar-refractivity contribution in [2.75, 3.05) is 11.1 Å². The van der Waals surface area contributed by atoms with E-state index in [0.29, 0.717) is 16.5 Å². The molecular weight excluding hydrogens is 260 g/mol. The molecule has 0 radical (unpaired) electrons. The molecule has 19 heavy (non-hydrogen) atoms. The number of pyridine rings is 1. The Balaban J connectivity index is 1.84. The maximum absolute atomic E-state index is 12.0. The molecule has 3 N–H and O–H groups in total. The largest absolute Gasteiger partial charge is 0.397 e. The lowest BCUT2D eigenvalue weighted by Crippen LogP contribution is -2.13. The number of nitrogen functional groups attached to an aromatic ring is 1. The van der Waals surface area contributed by atoms with E-state index in [2.05, 4.69) is 15.3 Å². The minimum absolute atomic E-state index is 0.293. The first-order valence-electron chi connectivity index (χ1n) is 5.61. The van der Waals surface area contributed by atoms with Crippen molar-refractivity contribution in [1.29, 1.82) is 0 Å². The van der Waals surface area contributed by atoms with E-state index in [1.807, 2.05) is 24.3 Å². The van der Waals surface area contributed by atoms with Gasteiger partial charge >= 0.3 is 0 Å². The van der Waals surface area contributed by atoms with E-state index >= 15 is 0 Å². The van der Waals surface area contributed by atoms with Gasteiger partial charge in [0.2, 0.25) is 0 Å². The van der Waals surface area contributed by atoms with Crippen LogP contribution in [0.3, 0.4) is 0 Å². The first-order valence-corrected chi connectivity index (χ1v) is 6.42. The summed E-state index contributed by atoms with van der Waals surface area (Å²) in [7, 11) is 0. The smallest absolute Gasteiger partial charge is 0.276 e. The van der Waals surface area contributed by atoms with Crippen LogP contribution in [0.15, 0.2) is 42.6 Å². The molecule has 2 heterocycles. The number of carbonyl (C=O) groups excluding carboxylic acids is 1. The molecule has 0 saturated carbocycles. The van der Waals surface area contributed by atoms with E-state index in [9.17, 15) is 4.79 Å². The quantitative estimate of drug-likeness (QED) is 0.749. The monoisotopic (exact) mass is 270 g/mol. The molecule has 94 valence electrons. The first kappa shape index (κ1) is 11.6. The number of nitrogens with zero attached hydrogens (tertiary/aromatic N) is 2. The third kappa shape index (κ3) is 2.38. The van der Waals surface area contributed by atoms with Crippen LogP contribution in [0.25, 0.3) is 10.2 Å². The van der Waals surface area contributed by atoms with E-state index in [0.717, 1.165) is 10.2 Å². The second-order valence-electron chi connectivity index (χ2n) is 3.92.